The van der Waals surface area contributed by atoms with Crippen LogP contribution in [0.1, 0.15) is 11.6 Å². The molecule has 7 heteroatoms. The maximum atomic E-state index is 8.70. The summed E-state index contributed by atoms with van der Waals surface area (Å²) < 4.78 is 12.9. The van der Waals surface area contributed by atoms with E-state index >= 15 is 0 Å². The number of nitrogens with zero attached hydrogens (tertiary/aromatic N) is 3. The number of benzene rings is 1. The molecule has 0 saturated heterocycles. The molecule has 0 aliphatic heterocycles. The molecule has 0 spiro atoms. The topological polar surface area (TPSA) is 84.8 Å². The Morgan fingerprint density at radius 2 is 2.07 bits per heavy atom. The first kappa shape index (κ1) is 17.7. The second kappa shape index (κ2) is 7.87. The van der Waals surface area contributed by atoms with Gasteiger partial charge in [-0.05, 0) is 35.4 Å². The van der Waals surface area contributed by atoms with E-state index in [0.717, 1.165) is 40.1 Å². The van der Waals surface area contributed by atoms with Gasteiger partial charge in [0.15, 0.2) is 11.5 Å². The van der Waals surface area contributed by atoms with Gasteiger partial charge in [-0.25, -0.2) is 9.97 Å². The van der Waals surface area contributed by atoms with E-state index < -0.39 is 0 Å². The van der Waals surface area contributed by atoms with Crippen molar-refractivity contribution in [3.8, 4) is 11.1 Å². The molecule has 2 N–H and O–H groups in total. The Hall–Kier alpha value is -2.74. The van der Waals surface area contributed by atoms with Crippen LogP contribution in [0.3, 0.4) is 0 Å². The number of rotatable bonds is 8. The zero-order valence-corrected chi connectivity index (χ0v) is 15.2. The van der Waals surface area contributed by atoms with E-state index in [0.29, 0.717) is 25.6 Å². The van der Waals surface area contributed by atoms with E-state index in [1.165, 1.54) is 0 Å². The first-order valence-electron chi connectivity index (χ1n) is 8.97. The van der Waals surface area contributed by atoms with Gasteiger partial charge in [-0.2, -0.15) is 0 Å². The highest BCUT2D eigenvalue weighted by Gasteiger charge is 2.08. The number of aliphatic hydroxyl groups excluding tert-OH is 1. The van der Waals surface area contributed by atoms with Crippen LogP contribution in [0.2, 0.25) is 0 Å². The highest BCUT2D eigenvalue weighted by atomic mass is 16.5. The summed E-state index contributed by atoms with van der Waals surface area (Å²) in [7, 11) is 0. The zero-order chi connectivity index (χ0) is 18.6. The number of hydrogen-bond acceptors (Lipinski definition) is 6. The van der Waals surface area contributed by atoms with Gasteiger partial charge in [-0.1, -0.05) is 6.07 Å². The monoisotopic (exact) mass is 366 g/mol. The largest absolute Gasteiger partial charge is 0.441 e. The van der Waals surface area contributed by atoms with Gasteiger partial charge < -0.3 is 24.0 Å². The lowest BCUT2D eigenvalue weighted by Gasteiger charge is -2.07. The van der Waals surface area contributed by atoms with E-state index in [1.54, 1.807) is 0 Å². The number of aromatic nitrogens is 3. The minimum atomic E-state index is 0.0513. The molecule has 0 aliphatic carbocycles. The number of aryl methyl sites for hydroxylation is 1. The highest BCUT2D eigenvalue weighted by Crippen LogP contribution is 2.25. The number of aliphatic hydroxyl groups is 1. The fraction of sp³-hybridized carbons (Fsp3) is 0.300. The zero-order valence-electron chi connectivity index (χ0n) is 15.2. The van der Waals surface area contributed by atoms with Crippen LogP contribution in [0.4, 0.5) is 0 Å². The van der Waals surface area contributed by atoms with Gasteiger partial charge in [0.05, 0.1) is 31.7 Å². The Labute approximate surface area is 156 Å². The number of nitrogens with one attached hydrogen (secondary N) is 1. The van der Waals surface area contributed by atoms with E-state index in [1.807, 2.05) is 37.4 Å². The average Bonchev–Trinajstić information content (AvgIpc) is 3.25. The van der Waals surface area contributed by atoms with Gasteiger partial charge in [0.1, 0.15) is 11.2 Å². The normalized spacial score (nSPS) is 11.6. The number of pyridine rings is 1. The van der Waals surface area contributed by atoms with Crippen molar-refractivity contribution in [2.24, 2.45) is 0 Å². The van der Waals surface area contributed by atoms with Gasteiger partial charge in [-0.15, -0.1) is 0 Å². The molecule has 0 atom stereocenters. The van der Waals surface area contributed by atoms with Crippen molar-refractivity contribution in [3.63, 3.8) is 0 Å². The van der Waals surface area contributed by atoms with Crippen LogP contribution >= 0.6 is 0 Å². The second-order valence-corrected chi connectivity index (χ2v) is 6.32. The summed E-state index contributed by atoms with van der Waals surface area (Å²) in [5.74, 6) is 0.670. The summed E-state index contributed by atoms with van der Waals surface area (Å²) in [4.78, 5) is 8.88. The molecule has 140 valence electrons. The van der Waals surface area contributed by atoms with Gasteiger partial charge in [0, 0.05) is 26.2 Å². The number of hydrogen-bond donors (Lipinski definition) is 2. The first-order chi connectivity index (χ1) is 13.2. The third kappa shape index (κ3) is 3.85. The van der Waals surface area contributed by atoms with Crippen molar-refractivity contribution in [2.45, 2.75) is 13.5 Å². The second-order valence-electron chi connectivity index (χ2n) is 6.32. The molecule has 0 amide bonds. The molecule has 27 heavy (non-hydrogen) atoms. The molecule has 0 aliphatic rings. The third-order valence-electron chi connectivity index (χ3n) is 4.37. The minimum Gasteiger partial charge on any atom is -0.441 e. The smallest absolute Gasteiger partial charge is 0.192 e. The first-order valence-corrected chi connectivity index (χ1v) is 8.97. The molecule has 7 nitrogen and oxygen atoms in total. The van der Waals surface area contributed by atoms with Crippen molar-refractivity contribution in [1.82, 2.24) is 19.7 Å². The van der Waals surface area contributed by atoms with E-state index in [-0.39, 0.29) is 6.61 Å². The van der Waals surface area contributed by atoms with E-state index in [9.17, 15) is 0 Å². The van der Waals surface area contributed by atoms with Gasteiger partial charge in [0.25, 0.3) is 0 Å². The maximum Gasteiger partial charge on any atom is 0.192 e. The van der Waals surface area contributed by atoms with E-state index in [2.05, 4.69) is 31.9 Å². The number of fused-ring (bicyclic) bond motifs is 2. The quantitative estimate of drug-likeness (QED) is 0.466. The standard InChI is InChI=1S/C20H22N4O3/c1-14-23-18-10-15(2-4-19(18)27-14)16-3-5-20-22-12-17(24(20)13-16)11-21-6-8-26-9-7-25/h2-5,10,12-13,21,25H,6-9,11H2,1H3. The molecule has 0 radical (unpaired) electrons. The summed E-state index contributed by atoms with van der Waals surface area (Å²) in [6.07, 6.45) is 3.97. The summed E-state index contributed by atoms with van der Waals surface area (Å²) in [5.41, 5.74) is 5.82. The predicted molar refractivity (Wildman–Crippen MR) is 103 cm³/mol. The van der Waals surface area contributed by atoms with Crippen LogP contribution in [0.25, 0.3) is 27.9 Å². The maximum absolute atomic E-state index is 8.70. The van der Waals surface area contributed by atoms with Gasteiger partial charge >= 0.3 is 0 Å². The molecule has 3 heterocycles. The molecule has 3 aromatic heterocycles. The Morgan fingerprint density at radius 3 is 2.96 bits per heavy atom. The number of imidazole rings is 1. The van der Waals surface area contributed by atoms with Crippen LogP contribution in [-0.2, 0) is 11.3 Å². The molecule has 4 aromatic rings. The summed E-state index contributed by atoms with van der Waals surface area (Å²) in [6.45, 7) is 4.25. The summed E-state index contributed by atoms with van der Waals surface area (Å²) in [5, 5.41) is 12.0. The van der Waals surface area contributed by atoms with Crippen LogP contribution in [-0.4, -0.2) is 45.8 Å². The third-order valence-corrected chi connectivity index (χ3v) is 4.37. The van der Waals surface area contributed by atoms with Gasteiger partial charge in [-0.3, -0.25) is 0 Å². The average molecular weight is 366 g/mol. The van der Waals surface area contributed by atoms with Crippen LogP contribution in [0.5, 0.6) is 0 Å². The number of oxazole rings is 1. The molecular formula is C20H22N4O3. The number of ether oxygens (including phenoxy) is 1. The molecular weight excluding hydrogens is 344 g/mol. The van der Waals surface area contributed by atoms with Crippen LogP contribution < -0.4 is 5.32 Å². The molecule has 0 bridgehead atoms. The SMILES string of the molecule is Cc1nc2cc(-c3ccc4ncc(CNCCOCCO)n4c3)ccc2o1. The van der Waals surface area contributed by atoms with Crippen molar-refractivity contribution in [3.05, 3.63) is 54.3 Å². The Bertz CT molecular complexity index is 1050. The predicted octanol–water partition coefficient (Wildman–Crippen LogP) is 2.55. The van der Waals surface area contributed by atoms with Crippen LogP contribution in [0, 0.1) is 6.92 Å². The Morgan fingerprint density at radius 1 is 1.19 bits per heavy atom. The molecule has 0 saturated carbocycles. The van der Waals surface area contributed by atoms with Crippen molar-refractivity contribution in [1.29, 1.82) is 0 Å². The van der Waals surface area contributed by atoms with Crippen LogP contribution in [0.15, 0.2) is 47.1 Å². The fourth-order valence-electron chi connectivity index (χ4n) is 3.08. The van der Waals surface area contributed by atoms with E-state index in [4.69, 9.17) is 14.3 Å². The van der Waals surface area contributed by atoms with Gasteiger partial charge in [0.2, 0.25) is 0 Å². The molecule has 1 aromatic carbocycles. The molecule has 4 rings (SSSR count). The Kier molecular flexibility index (Phi) is 5.15. The summed E-state index contributed by atoms with van der Waals surface area (Å²) >= 11 is 0. The Balaban J connectivity index is 1.53. The summed E-state index contributed by atoms with van der Waals surface area (Å²) in [6, 6.07) is 10.1. The fourth-order valence-corrected chi connectivity index (χ4v) is 3.08. The molecule has 0 unspecified atom stereocenters. The van der Waals surface area contributed by atoms with Crippen molar-refractivity contribution < 1.29 is 14.3 Å². The van der Waals surface area contributed by atoms with Crippen molar-refractivity contribution in [2.75, 3.05) is 26.4 Å². The lowest BCUT2D eigenvalue weighted by Crippen LogP contribution is -2.20. The lowest BCUT2D eigenvalue weighted by molar-refractivity contribution is 0.0937. The lowest BCUT2D eigenvalue weighted by atomic mass is 10.1. The van der Waals surface area contributed by atoms with Crippen molar-refractivity contribution >= 4 is 16.7 Å². The highest BCUT2D eigenvalue weighted by molar-refractivity contribution is 5.80. The minimum absolute atomic E-state index is 0.0513. The molecule has 0 fully saturated rings.